The molecule has 1 atom stereocenters. The van der Waals surface area contributed by atoms with E-state index in [0.29, 0.717) is 10.6 Å². The zero-order chi connectivity index (χ0) is 25.0. The van der Waals surface area contributed by atoms with Crippen LogP contribution in [0.1, 0.15) is 34.6 Å². The van der Waals surface area contributed by atoms with Crippen molar-refractivity contribution in [2.75, 3.05) is 6.26 Å². The second-order valence-electron chi connectivity index (χ2n) is 8.00. The first-order valence-corrected chi connectivity index (χ1v) is 12.5. The molecule has 0 radical (unpaired) electrons. The van der Waals surface area contributed by atoms with Crippen molar-refractivity contribution in [2.24, 2.45) is 10.9 Å². The summed E-state index contributed by atoms with van der Waals surface area (Å²) in [6, 6.07) is 14.7. The predicted molar refractivity (Wildman–Crippen MR) is 130 cm³/mol. The number of aromatic nitrogens is 1. The molecule has 1 aromatic heterocycles. The zero-order valence-corrected chi connectivity index (χ0v) is 20.2. The van der Waals surface area contributed by atoms with Crippen LogP contribution in [0, 0.1) is 6.92 Å². The van der Waals surface area contributed by atoms with Gasteiger partial charge >= 0.3 is 0 Å². The molecule has 3 aromatic rings. The van der Waals surface area contributed by atoms with Crippen molar-refractivity contribution >= 4 is 33.1 Å². The fourth-order valence-electron chi connectivity index (χ4n) is 3.79. The summed E-state index contributed by atoms with van der Waals surface area (Å²) >= 11 is 6.14. The lowest BCUT2D eigenvalue weighted by Gasteiger charge is -2.21. The minimum atomic E-state index is -3.36. The normalized spacial score (nSPS) is 13.0. The lowest BCUT2D eigenvalue weighted by Crippen LogP contribution is -2.28. The maximum atomic E-state index is 12.1. The number of oxime groups is 1. The largest absolute Gasteiger partial charge is 0.411 e. The van der Waals surface area contributed by atoms with Gasteiger partial charge in [0.05, 0.1) is 10.6 Å². The van der Waals surface area contributed by atoms with E-state index in [1.54, 1.807) is 18.2 Å². The molecule has 0 bridgehead atoms. The molecule has 1 heterocycles. The highest BCUT2D eigenvalue weighted by molar-refractivity contribution is 7.90. The minimum absolute atomic E-state index is 0.192. The number of halogens is 1. The van der Waals surface area contributed by atoms with Gasteiger partial charge in [-0.3, -0.25) is 9.59 Å². The first-order chi connectivity index (χ1) is 16.0. The van der Waals surface area contributed by atoms with Crippen molar-refractivity contribution in [2.45, 2.75) is 30.7 Å². The van der Waals surface area contributed by atoms with Gasteiger partial charge < -0.3 is 15.5 Å². The number of aryl methyl sites for hydroxylation is 1. The van der Waals surface area contributed by atoms with Gasteiger partial charge in [0, 0.05) is 41.4 Å². The van der Waals surface area contributed by atoms with Gasteiger partial charge in [-0.05, 0) is 53.9 Å². The highest BCUT2D eigenvalue weighted by Gasteiger charge is 2.22. The van der Waals surface area contributed by atoms with Crippen molar-refractivity contribution < 1.29 is 18.4 Å². The van der Waals surface area contributed by atoms with Gasteiger partial charge in [-0.2, -0.15) is 0 Å². The van der Waals surface area contributed by atoms with E-state index in [1.165, 1.54) is 30.5 Å². The van der Waals surface area contributed by atoms with Gasteiger partial charge in [0.25, 0.3) is 5.56 Å². The predicted octanol–water partition coefficient (Wildman–Crippen LogP) is 3.10. The number of benzene rings is 2. The summed E-state index contributed by atoms with van der Waals surface area (Å²) in [5, 5.41) is 13.9. The molecule has 3 rings (SSSR count). The van der Waals surface area contributed by atoms with E-state index in [4.69, 9.17) is 17.3 Å². The summed E-state index contributed by atoms with van der Waals surface area (Å²) in [4.78, 5) is 23.6. The van der Waals surface area contributed by atoms with Crippen LogP contribution in [0.3, 0.4) is 0 Å². The third-order valence-corrected chi connectivity index (χ3v) is 6.84. The summed E-state index contributed by atoms with van der Waals surface area (Å²) < 4.78 is 24.9. The molecular formula is C24H24ClN3O5S. The van der Waals surface area contributed by atoms with E-state index in [0.717, 1.165) is 27.5 Å². The molecule has 0 saturated heterocycles. The fourth-order valence-corrected chi connectivity index (χ4v) is 4.65. The highest BCUT2D eigenvalue weighted by Crippen LogP contribution is 2.33. The molecule has 1 unspecified atom stereocenters. The molecule has 0 aliphatic rings. The standard InChI is InChI=1S/C24H24ClN3O5S/c1-15-11-18(25)6-9-20(15)21(16-3-7-19(8-4-16)34(2,32)33)12-22(27-31)17-5-10-24(30)28(13-17)14-23(26)29/h3-11,13,21,31H,12,14H2,1-2H3,(H2,26,29)/b27-22+. The number of nitrogens with two attached hydrogens (primary N) is 1. The van der Waals surface area contributed by atoms with Crippen molar-refractivity contribution in [1.82, 2.24) is 4.57 Å². The Morgan fingerprint density at radius 3 is 2.38 bits per heavy atom. The first kappa shape index (κ1) is 25.2. The Bertz CT molecular complexity index is 1410. The number of hydrogen-bond acceptors (Lipinski definition) is 6. The molecule has 8 nitrogen and oxygen atoms in total. The number of carbonyl (C=O) groups is 1. The van der Waals surface area contributed by atoms with Crippen LogP contribution in [-0.4, -0.2) is 36.1 Å². The van der Waals surface area contributed by atoms with Gasteiger partial charge in [-0.1, -0.05) is 35.0 Å². The van der Waals surface area contributed by atoms with Crippen LogP contribution in [0.15, 0.2) is 75.6 Å². The van der Waals surface area contributed by atoms with E-state index >= 15 is 0 Å². The summed E-state index contributed by atoms with van der Waals surface area (Å²) in [5.74, 6) is -1.00. The van der Waals surface area contributed by atoms with Gasteiger partial charge in [-0.15, -0.1) is 0 Å². The maximum absolute atomic E-state index is 12.1. The van der Waals surface area contributed by atoms with Crippen molar-refractivity contribution in [1.29, 1.82) is 0 Å². The monoisotopic (exact) mass is 501 g/mol. The van der Waals surface area contributed by atoms with Gasteiger partial charge in [0.2, 0.25) is 5.91 Å². The van der Waals surface area contributed by atoms with E-state index in [-0.39, 0.29) is 29.5 Å². The minimum Gasteiger partial charge on any atom is -0.411 e. The van der Waals surface area contributed by atoms with E-state index in [1.807, 2.05) is 19.1 Å². The van der Waals surface area contributed by atoms with Crippen LogP contribution in [-0.2, 0) is 21.2 Å². The molecule has 10 heteroatoms. The Labute approximate surface area is 202 Å². The zero-order valence-electron chi connectivity index (χ0n) is 18.6. The molecule has 1 amide bonds. The lowest BCUT2D eigenvalue weighted by atomic mass is 9.83. The molecule has 0 aliphatic carbocycles. The number of rotatable bonds is 8. The Balaban J connectivity index is 2.08. The molecule has 178 valence electrons. The Kier molecular flexibility index (Phi) is 7.58. The Hall–Kier alpha value is -3.43. The SMILES string of the molecule is Cc1cc(Cl)ccc1C(C/C(=N\O)c1ccc(=O)n(CC(N)=O)c1)c1ccc(S(C)(=O)=O)cc1. The molecule has 0 saturated carbocycles. The molecule has 0 fully saturated rings. The average molecular weight is 502 g/mol. The molecule has 0 spiro atoms. The molecule has 2 aromatic carbocycles. The topological polar surface area (TPSA) is 132 Å². The number of nitrogens with zero attached hydrogens (tertiary/aromatic N) is 2. The first-order valence-electron chi connectivity index (χ1n) is 10.3. The third kappa shape index (κ3) is 5.92. The summed E-state index contributed by atoms with van der Waals surface area (Å²) in [6.07, 6.45) is 2.77. The van der Waals surface area contributed by atoms with Crippen molar-refractivity contribution in [3.05, 3.63) is 98.4 Å². The second-order valence-corrected chi connectivity index (χ2v) is 10.4. The number of hydrogen-bond donors (Lipinski definition) is 2. The number of sulfone groups is 1. The quantitative estimate of drug-likeness (QED) is 0.278. The van der Waals surface area contributed by atoms with Crippen LogP contribution in [0.5, 0.6) is 0 Å². The third-order valence-electron chi connectivity index (χ3n) is 5.48. The van der Waals surface area contributed by atoms with Crippen LogP contribution < -0.4 is 11.3 Å². The molecule has 0 aliphatic heterocycles. The van der Waals surface area contributed by atoms with Crippen LogP contribution >= 0.6 is 11.6 Å². The Morgan fingerprint density at radius 2 is 1.82 bits per heavy atom. The number of pyridine rings is 1. The van der Waals surface area contributed by atoms with E-state index < -0.39 is 21.3 Å². The molecule has 34 heavy (non-hydrogen) atoms. The van der Waals surface area contributed by atoms with Crippen molar-refractivity contribution in [3.63, 3.8) is 0 Å². The van der Waals surface area contributed by atoms with E-state index in [2.05, 4.69) is 5.16 Å². The highest BCUT2D eigenvalue weighted by atomic mass is 35.5. The number of primary amides is 1. The van der Waals surface area contributed by atoms with Gasteiger partial charge in [0.1, 0.15) is 6.54 Å². The van der Waals surface area contributed by atoms with Crippen LogP contribution in [0.25, 0.3) is 0 Å². The summed E-state index contributed by atoms with van der Waals surface area (Å²) in [5.41, 5.74) is 8.12. The number of amides is 1. The summed E-state index contributed by atoms with van der Waals surface area (Å²) in [6.45, 7) is 1.60. The van der Waals surface area contributed by atoms with Crippen LogP contribution in [0.4, 0.5) is 0 Å². The van der Waals surface area contributed by atoms with Crippen LogP contribution in [0.2, 0.25) is 5.02 Å². The summed E-state index contributed by atoms with van der Waals surface area (Å²) in [7, 11) is -3.36. The Morgan fingerprint density at radius 1 is 1.15 bits per heavy atom. The van der Waals surface area contributed by atoms with Crippen molar-refractivity contribution in [3.8, 4) is 0 Å². The lowest BCUT2D eigenvalue weighted by molar-refractivity contribution is -0.118. The average Bonchev–Trinajstić information content (AvgIpc) is 2.76. The maximum Gasteiger partial charge on any atom is 0.251 e. The number of carbonyl (C=O) groups excluding carboxylic acids is 1. The second kappa shape index (κ2) is 10.2. The molecule has 3 N–H and O–H groups in total. The molecular weight excluding hydrogens is 478 g/mol. The smallest absolute Gasteiger partial charge is 0.251 e. The van der Waals surface area contributed by atoms with E-state index in [9.17, 15) is 23.2 Å². The van der Waals surface area contributed by atoms with Gasteiger partial charge in [-0.25, -0.2) is 8.42 Å². The van der Waals surface area contributed by atoms with Gasteiger partial charge in [0.15, 0.2) is 9.84 Å². The fraction of sp³-hybridized carbons (Fsp3) is 0.208.